The van der Waals surface area contributed by atoms with E-state index in [0.717, 1.165) is 6.42 Å². The largest absolute Gasteiger partial charge is 0.289 e. The molecule has 16 heavy (non-hydrogen) atoms. The second kappa shape index (κ2) is 5.66. The van der Waals surface area contributed by atoms with Gasteiger partial charge in [0.2, 0.25) is 5.91 Å². The molecule has 3 heteroatoms. The summed E-state index contributed by atoms with van der Waals surface area (Å²) in [5.41, 5.74) is 6.50. The van der Waals surface area contributed by atoms with Gasteiger partial charge in [-0.25, -0.2) is 5.01 Å². The molecular formula is C13H20N2O. The van der Waals surface area contributed by atoms with E-state index >= 15 is 0 Å². The van der Waals surface area contributed by atoms with E-state index in [1.807, 2.05) is 14.1 Å². The van der Waals surface area contributed by atoms with E-state index in [0.29, 0.717) is 6.42 Å². The minimum atomic E-state index is 0.0610. The average molecular weight is 220 g/mol. The Morgan fingerprint density at radius 2 is 2.00 bits per heavy atom. The highest BCUT2D eigenvalue weighted by molar-refractivity contribution is 5.75. The van der Waals surface area contributed by atoms with E-state index in [1.165, 1.54) is 16.7 Å². The molecule has 0 aliphatic heterocycles. The third kappa shape index (κ3) is 4.03. The zero-order chi connectivity index (χ0) is 12.1. The van der Waals surface area contributed by atoms with Gasteiger partial charge in [0.1, 0.15) is 0 Å². The first-order valence-corrected chi connectivity index (χ1v) is 5.52. The fourth-order valence-corrected chi connectivity index (χ4v) is 1.62. The number of carbonyl (C=O) groups is 1. The van der Waals surface area contributed by atoms with Gasteiger partial charge in [-0.1, -0.05) is 23.8 Å². The van der Waals surface area contributed by atoms with Crippen LogP contribution in [0.2, 0.25) is 0 Å². The van der Waals surface area contributed by atoms with Gasteiger partial charge in [0.25, 0.3) is 0 Å². The number of amides is 1. The van der Waals surface area contributed by atoms with Crippen molar-refractivity contribution in [3.05, 3.63) is 34.9 Å². The van der Waals surface area contributed by atoms with Crippen LogP contribution in [0.5, 0.6) is 0 Å². The Bertz CT molecular complexity index is 372. The number of nitrogens with one attached hydrogen (secondary N) is 1. The van der Waals surface area contributed by atoms with Crippen molar-refractivity contribution in [2.45, 2.75) is 26.7 Å². The van der Waals surface area contributed by atoms with Crippen LogP contribution in [0.1, 0.15) is 23.1 Å². The molecule has 0 aromatic heterocycles. The quantitative estimate of drug-likeness (QED) is 0.785. The topological polar surface area (TPSA) is 32.3 Å². The molecule has 0 saturated heterocycles. The Hall–Kier alpha value is -1.35. The number of carbonyl (C=O) groups excluding carboxylic acids is 1. The lowest BCUT2D eigenvalue weighted by atomic mass is 10.0. The van der Waals surface area contributed by atoms with E-state index in [9.17, 15) is 4.79 Å². The van der Waals surface area contributed by atoms with Crippen LogP contribution in [0.25, 0.3) is 0 Å². The first kappa shape index (κ1) is 12.7. The van der Waals surface area contributed by atoms with E-state index in [4.69, 9.17) is 0 Å². The Kier molecular flexibility index (Phi) is 4.50. The molecule has 0 atom stereocenters. The van der Waals surface area contributed by atoms with Crippen LogP contribution in [0.15, 0.2) is 18.2 Å². The molecule has 1 aromatic carbocycles. The molecule has 1 rings (SSSR count). The van der Waals surface area contributed by atoms with Crippen molar-refractivity contribution in [2.24, 2.45) is 0 Å². The molecule has 0 saturated carbocycles. The van der Waals surface area contributed by atoms with Crippen LogP contribution in [0.3, 0.4) is 0 Å². The summed E-state index contributed by atoms with van der Waals surface area (Å²) in [7, 11) is 3.63. The molecule has 3 nitrogen and oxygen atoms in total. The molecule has 0 fully saturated rings. The number of aryl methyl sites for hydroxylation is 3. The lowest BCUT2D eigenvalue weighted by Crippen LogP contribution is -2.36. The van der Waals surface area contributed by atoms with Crippen molar-refractivity contribution < 1.29 is 4.79 Å². The summed E-state index contributed by atoms with van der Waals surface area (Å²) in [5.74, 6) is 0.0610. The molecule has 1 amide bonds. The summed E-state index contributed by atoms with van der Waals surface area (Å²) in [5, 5.41) is 1.67. The Labute approximate surface area is 97.4 Å². The number of hydrogen-bond donors (Lipinski definition) is 1. The molecule has 0 unspecified atom stereocenters. The second-order valence-corrected chi connectivity index (χ2v) is 4.36. The average Bonchev–Trinajstić information content (AvgIpc) is 2.18. The van der Waals surface area contributed by atoms with Crippen LogP contribution in [-0.4, -0.2) is 25.0 Å². The van der Waals surface area contributed by atoms with Crippen LogP contribution in [-0.2, 0) is 11.2 Å². The molecular weight excluding hydrogens is 200 g/mol. The minimum Gasteiger partial charge on any atom is -0.289 e. The smallest absolute Gasteiger partial charge is 0.234 e. The first-order valence-electron chi connectivity index (χ1n) is 5.52. The Morgan fingerprint density at radius 3 is 2.62 bits per heavy atom. The Morgan fingerprint density at radius 1 is 1.31 bits per heavy atom. The van der Waals surface area contributed by atoms with Crippen molar-refractivity contribution in [3.8, 4) is 0 Å². The number of hydrogen-bond acceptors (Lipinski definition) is 2. The maximum Gasteiger partial charge on any atom is 0.234 e. The first-order chi connectivity index (χ1) is 7.49. The molecule has 0 radical (unpaired) electrons. The predicted molar refractivity (Wildman–Crippen MR) is 66.1 cm³/mol. The number of hydrazine groups is 1. The van der Waals surface area contributed by atoms with E-state index < -0.39 is 0 Å². The third-order valence-electron chi connectivity index (χ3n) is 2.47. The summed E-state index contributed by atoms with van der Waals surface area (Å²) in [6.07, 6.45) is 1.33. The highest BCUT2D eigenvalue weighted by atomic mass is 16.2. The lowest BCUT2D eigenvalue weighted by molar-refractivity contribution is -0.124. The second-order valence-electron chi connectivity index (χ2n) is 4.36. The number of benzene rings is 1. The van der Waals surface area contributed by atoms with E-state index in [-0.39, 0.29) is 5.91 Å². The summed E-state index contributed by atoms with van der Waals surface area (Å²) < 4.78 is 0. The summed E-state index contributed by atoms with van der Waals surface area (Å²) >= 11 is 0. The van der Waals surface area contributed by atoms with Crippen LogP contribution in [0, 0.1) is 13.8 Å². The standard InChI is InChI=1S/C13H20N2O/c1-10-5-6-11(2)12(9-10)7-8-13(16)14-15(3)4/h5-6,9H,7-8H2,1-4H3,(H,14,16). The highest BCUT2D eigenvalue weighted by Gasteiger charge is 2.04. The van der Waals surface area contributed by atoms with Crippen molar-refractivity contribution in [1.82, 2.24) is 10.4 Å². The lowest BCUT2D eigenvalue weighted by Gasteiger charge is -2.12. The van der Waals surface area contributed by atoms with Crippen LogP contribution in [0.4, 0.5) is 0 Å². The van der Waals surface area contributed by atoms with Gasteiger partial charge >= 0.3 is 0 Å². The van der Waals surface area contributed by atoms with Crippen molar-refractivity contribution >= 4 is 5.91 Å². The molecule has 1 aromatic rings. The van der Waals surface area contributed by atoms with Gasteiger partial charge < -0.3 is 0 Å². The van der Waals surface area contributed by atoms with Gasteiger partial charge in [-0.3, -0.25) is 10.2 Å². The van der Waals surface area contributed by atoms with Gasteiger partial charge in [0.15, 0.2) is 0 Å². The van der Waals surface area contributed by atoms with Gasteiger partial charge in [-0.2, -0.15) is 0 Å². The van der Waals surface area contributed by atoms with Gasteiger partial charge in [-0.15, -0.1) is 0 Å². The molecule has 0 aliphatic carbocycles. The maximum absolute atomic E-state index is 11.5. The van der Waals surface area contributed by atoms with Crippen molar-refractivity contribution in [2.75, 3.05) is 14.1 Å². The van der Waals surface area contributed by atoms with Gasteiger partial charge in [-0.05, 0) is 31.4 Å². The number of rotatable bonds is 4. The van der Waals surface area contributed by atoms with Crippen LogP contribution >= 0.6 is 0 Å². The fraction of sp³-hybridized carbons (Fsp3) is 0.462. The Balaban J connectivity index is 2.54. The van der Waals surface area contributed by atoms with E-state index in [2.05, 4.69) is 37.5 Å². The monoisotopic (exact) mass is 220 g/mol. The molecule has 0 aliphatic rings. The van der Waals surface area contributed by atoms with E-state index in [1.54, 1.807) is 5.01 Å². The summed E-state index contributed by atoms with van der Waals surface area (Å²) in [4.78, 5) is 11.5. The van der Waals surface area contributed by atoms with Crippen LogP contribution < -0.4 is 5.43 Å². The zero-order valence-corrected chi connectivity index (χ0v) is 10.5. The number of nitrogens with zero attached hydrogens (tertiary/aromatic N) is 1. The molecule has 1 N–H and O–H groups in total. The SMILES string of the molecule is Cc1ccc(C)c(CCC(=O)NN(C)C)c1. The predicted octanol–water partition coefficient (Wildman–Crippen LogP) is 1.83. The zero-order valence-electron chi connectivity index (χ0n) is 10.5. The minimum absolute atomic E-state index is 0.0610. The third-order valence-corrected chi connectivity index (χ3v) is 2.47. The summed E-state index contributed by atoms with van der Waals surface area (Å²) in [6.45, 7) is 4.15. The van der Waals surface area contributed by atoms with Crippen molar-refractivity contribution in [3.63, 3.8) is 0 Å². The summed E-state index contributed by atoms with van der Waals surface area (Å²) in [6, 6.07) is 6.35. The molecule has 0 heterocycles. The fourth-order valence-electron chi connectivity index (χ4n) is 1.62. The maximum atomic E-state index is 11.5. The van der Waals surface area contributed by atoms with Gasteiger partial charge in [0.05, 0.1) is 0 Å². The van der Waals surface area contributed by atoms with Crippen molar-refractivity contribution in [1.29, 1.82) is 0 Å². The normalized spacial score (nSPS) is 10.6. The molecule has 88 valence electrons. The van der Waals surface area contributed by atoms with Gasteiger partial charge in [0, 0.05) is 20.5 Å². The highest BCUT2D eigenvalue weighted by Crippen LogP contribution is 2.12. The molecule has 0 bridgehead atoms. The molecule has 0 spiro atoms.